The van der Waals surface area contributed by atoms with E-state index in [1.54, 1.807) is 6.20 Å². The highest BCUT2D eigenvalue weighted by Gasteiger charge is 2.13. The van der Waals surface area contributed by atoms with Crippen LogP contribution in [0.5, 0.6) is 0 Å². The maximum atomic E-state index is 10.7. The summed E-state index contributed by atoms with van der Waals surface area (Å²) in [5.41, 5.74) is 2.59. The Hall–Kier alpha value is -2.56. The van der Waals surface area contributed by atoms with Crippen LogP contribution < -0.4 is 0 Å². The molecule has 0 fully saturated rings. The zero-order chi connectivity index (χ0) is 13.4. The molecule has 2 N–H and O–H groups in total. The molecule has 3 rings (SSSR count). The average molecular weight is 255 g/mol. The first kappa shape index (κ1) is 11.5. The van der Waals surface area contributed by atoms with E-state index in [0.717, 1.165) is 22.3 Å². The van der Waals surface area contributed by atoms with Gasteiger partial charge in [0.05, 0.1) is 12.1 Å². The van der Waals surface area contributed by atoms with Crippen molar-refractivity contribution >= 4 is 16.9 Å². The summed E-state index contributed by atoms with van der Waals surface area (Å²) in [7, 11) is 1.87. The fourth-order valence-electron chi connectivity index (χ4n) is 2.28. The molecular weight excluding hydrogens is 242 g/mol. The predicted octanol–water partition coefficient (Wildman–Crippen LogP) is 2.20. The van der Waals surface area contributed by atoms with Crippen LogP contribution in [0.15, 0.2) is 36.7 Å². The third kappa shape index (κ3) is 1.99. The van der Waals surface area contributed by atoms with E-state index < -0.39 is 5.97 Å². The molecule has 0 radical (unpaired) electrons. The molecule has 3 aromatic rings. The molecule has 0 saturated heterocycles. The van der Waals surface area contributed by atoms with Crippen molar-refractivity contribution in [1.82, 2.24) is 14.5 Å². The number of hydrogen-bond acceptors (Lipinski definition) is 2. The molecule has 0 aliphatic rings. The van der Waals surface area contributed by atoms with Crippen molar-refractivity contribution in [1.29, 1.82) is 0 Å². The van der Waals surface area contributed by atoms with Crippen molar-refractivity contribution in [2.75, 3.05) is 0 Å². The quantitative estimate of drug-likeness (QED) is 0.753. The number of nitrogens with zero attached hydrogens (tertiary/aromatic N) is 2. The van der Waals surface area contributed by atoms with Crippen molar-refractivity contribution in [3.8, 4) is 11.4 Å². The summed E-state index contributed by atoms with van der Waals surface area (Å²) in [4.78, 5) is 18.3. The summed E-state index contributed by atoms with van der Waals surface area (Å²) < 4.78 is 1.86. The van der Waals surface area contributed by atoms with Crippen LogP contribution in [0.2, 0.25) is 0 Å². The molecule has 2 heterocycles. The van der Waals surface area contributed by atoms with Crippen molar-refractivity contribution in [3.63, 3.8) is 0 Å². The number of hydrogen-bond donors (Lipinski definition) is 2. The standard InChI is InChI=1S/C14H13N3O2/c1-17-8-9(6-13(18)19)16-14(17)11-7-15-12-5-3-2-4-10(11)12/h2-5,7-8,15H,6H2,1H3,(H,18,19). The summed E-state index contributed by atoms with van der Waals surface area (Å²) in [6.07, 6.45) is 3.60. The maximum absolute atomic E-state index is 10.7. The van der Waals surface area contributed by atoms with E-state index in [2.05, 4.69) is 9.97 Å². The van der Waals surface area contributed by atoms with Gasteiger partial charge in [-0.2, -0.15) is 0 Å². The van der Waals surface area contributed by atoms with Gasteiger partial charge in [0.1, 0.15) is 5.82 Å². The van der Waals surface area contributed by atoms with Gasteiger partial charge in [-0.25, -0.2) is 4.98 Å². The van der Waals surface area contributed by atoms with Crippen molar-refractivity contribution in [3.05, 3.63) is 42.4 Å². The minimum atomic E-state index is -0.872. The van der Waals surface area contributed by atoms with Crippen LogP contribution in [-0.2, 0) is 18.3 Å². The summed E-state index contributed by atoms with van der Waals surface area (Å²) in [5, 5.41) is 9.90. The third-order valence-electron chi connectivity index (χ3n) is 3.09. The van der Waals surface area contributed by atoms with E-state index in [9.17, 15) is 4.79 Å². The topological polar surface area (TPSA) is 70.9 Å². The lowest BCUT2D eigenvalue weighted by Crippen LogP contribution is -1.99. The lowest BCUT2D eigenvalue weighted by Gasteiger charge is -1.99. The Morgan fingerprint density at radius 2 is 2.21 bits per heavy atom. The Bertz CT molecular complexity index is 755. The highest BCUT2D eigenvalue weighted by atomic mass is 16.4. The Labute approximate surface area is 109 Å². The number of aromatic amines is 1. The minimum Gasteiger partial charge on any atom is -0.481 e. The number of fused-ring (bicyclic) bond motifs is 1. The molecule has 96 valence electrons. The lowest BCUT2D eigenvalue weighted by molar-refractivity contribution is -0.136. The van der Waals surface area contributed by atoms with Crippen LogP contribution in [0, 0.1) is 0 Å². The summed E-state index contributed by atoms with van der Waals surface area (Å²) in [6, 6.07) is 7.96. The highest BCUT2D eigenvalue weighted by molar-refractivity contribution is 5.93. The number of imidazole rings is 1. The van der Waals surface area contributed by atoms with E-state index >= 15 is 0 Å². The molecule has 0 amide bonds. The molecule has 0 spiro atoms. The molecule has 5 heteroatoms. The molecule has 0 aliphatic carbocycles. The number of carbonyl (C=O) groups is 1. The number of para-hydroxylation sites is 1. The predicted molar refractivity (Wildman–Crippen MR) is 71.8 cm³/mol. The molecular formula is C14H13N3O2. The van der Waals surface area contributed by atoms with E-state index in [0.29, 0.717) is 5.69 Å². The second-order valence-electron chi connectivity index (χ2n) is 4.49. The van der Waals surface area contributed by atoms with Gasteiger partial charge in [-0.15, -0.1) is 0 Å². The number of aryl methyl sites for hydroxylation is 1. The van der Waals surface area contributed by atoms with Gasteiger partial charge in [-0.05, 0) is 6.07 Å². The van der Waals surface area contributed by atoms with Gasteiger partial charge < -0.3 is 14.7 Å². The number of nitrogens with one attached hydrogen (secondary N) is 1. The zero-order valence-electron chi connectivity index (χ0n) is 10.4. The Balaban J connectivity index is 2.11. The SMILES string of the molecule is Cn1cc(CC(=O)O)nc1-c1c[nH]c2ccccc12. The Kier molecular flexibility index (Phi) is 2.59. The fourth-order valence-corrected chi connectivity index (χ4v) is 2.28. The first-order valence-corrected chi connectivity index (χ1v) is 5.95. The van der Waals surface area contributed by atoms with E-state index in [1.807, 2.05) is 42.1 Å². The first-order valence-electron chi connectivity index (χ1n) is 5.95. The number of aliphatic carboxylic acids is 1. The maximum Gasteiger partial charge on any atom is 0.309 e. The second-order valence-corrected chi connectivity index (χ2v) is 4.49. The third-order valence-corrected chi connectivity index (χ3v) is 3.09. The van der Waals surface area contributed by atoms with Gasteiger partial charge >= 0.3 is 5.97 Å². The zero-order valence-corrected chi connectivity index (χ0v) is 10.4. The van der Waals surface area contributed by atoms with Crippen LogP contribution in [-0.4, -0.2) is 25.6 Å². The fraction of sp³-hybridized carbons (Fsp3) is 0.143. The largest absolute Gasteiger partial charge is 0.481 e. The minimum absolute atomic E-state index is 0.0593. The Morgan fingerprint density at radius 1 is 1.42 bits per heavy atom. The molecule has 0 aliphatic heterocycles. The van der Waals surface area contributed by atoms with E-state index in [1.165, 1.54) is 0 Å². The number of rotatable bonds is 3. The molecule has 0 saturated carbocycles. The molecule has 0 unspecified atom stereocenters. The average Bonchev–Trinajstić information content (AvgIpc) is 2.92. The first-order chi connectivity index (χ1) is 9.15. The number of carboxylic acids is 1. The number of H-pyrrole nitrogens is 1. The Morgan fingerprint density at radius 3 is 3.00 bits per heavy atom. The molecule has 0 atom stereocenters. The van der Waals surface area contributed by atoms with Gasteiger partial charge in [0.15, 0.2) is 0 Å². The summed E-state index contributed by atoms with van der Waals surface area (Å²) in [6.45, 7) is 0. The van der Waals surface area contributed by atoms with Gasteiger partial charge in [-0.1, -0.05) is 18.2 Å². The molecule has 19 heavy (non-hydrogen) atoms. The van der Waals surface area contributed by atoms with Crippen LogP contribution in [0.25, 0.3) is 22.3 Å². The second kappa shape index (κ2) is 4.28. The normalized spacial score (nSPS) is 11.0. The van der Waals surface area contributed by atoms with Crippen LogP contribution >= 0.6 is 0 Å². The van der Waals surface area contributed by atoms with Crippen molar-refractivity contribution < 1.29 is 9.90 Å². The van der Waals surface area contributed by atoms with E-state index in [4.69, 9.17) is 5.11 Å². The molecule has 0 bridgehead atoms. The molecule has 1 aromatic carbocycles. The summed E-state index contributed by atoms with van der Waals surface area (Å²) in [5.74, 6) is -0.0997. The number of benzene rings is 1. The van der Waals surface area contributed by atoms with Crippen LogP contribution in [0.1, 0.15) is 5.69 Å². The van der Waals surface area contributed by atoms with Crippen LogP contribution in [0.3, 0.4) is 0 Å². The van der Waals surface area contributed by atoms with Gasteiger partial charge in [0, 0.05) is 35.9 Å². The van der Waals surface area contributed by atoms with Crippen molar-refractivity contribution in [2.24, 2.45) is 7.05 Å². The van der Waals surface area contributed by atoms with Gasteiger partial charge in [0.25, 0.3) is 0 Å². The van der Waals surface area contributed by atoms with Gasteiger partial charge in [-0.3, -0.25) is 4.79 Å². The number of carboxylic acid groups (broad SMARTS) is 1. The number of aromatic nitrogens is 3. The van der Waals surface area contributed by atoms with Crippen LogP contribution in [0.4, 0.5) is 0 Å². The summed E-state index contributed by atoms with van der Waals surface area (Å²) >= 11 is 0. The molecule has 2 aromatic heterocycles. The lowest BCUT2D eigenvalue weighted by atomic mass is 10.1. The smallest absolute Gasteiger partial charge is 0.309 e. The highest BCUT2D eigenvalue weighted by Crippen LogP contribution is 2.27. The molecule has 5 nitrogen and oxygen atoms in total. The van der Waals surface area contributed by atoms with Crippen molar-refractivity contribution in [2.45, 2.75) is 6.42 Å². The monoisotopic (exact) mass is 255 g/mol. The van der Waals surface area contributed by atoms with E-state index in [-0.39, 0.29) is 6.42 Å². The van der Waals surface area contributed by atoms with Gasteiger partial charge in [0.2, 0.25) is 0 Å².